The molecule has 1 fully saturated rings. The van der Waals surface area contributed by atoms with E-state index < -0.39 is 5.97 Å². The van der Waals surface area contributed by atoms with E-state index in [4.69, 9.17) is 5.11 Å². The Morgan fingerprint density at radius 1 is 1.05 bits per heavy atom. The molecule has 2 N–H and O–H groups in total. The average Bonchev–Trinajstić information content (AvgIpc) is 2.38. The number of anilines is 1. The van der Waals surface area contributed by atoms with Crippen LogP contribution in [0.25, 0.3) is 0 Å². The van der Waals surface area contributed by atoms with E-state index in [2.05, 4.69) is 5.32 Å². The quantitative estimate of drug-likeness (QED) is 0.855. The van der Waals surface area contributed by atoms with Crippen LogP contribution in [0.5, 0.6) is 0 Å². The van der Waals surface area contributed by atoms with E-state index in [9.17, 15) is 4.79 Å². The molecule has 0 aliphatic heterocycles. The largest absolute Gasteiger partial charge is 0.478 e. The van der Waals surface area contributed by atoms with Crippen LogP contribution < -0.4 is 5.32 Å². The number of rotatable bonds is 4. The predicted octanol–water partition coefficient (Wildman–Crippen LogP) is 4.16. The van der Waals surface area contributed by atoms with Gasteiger partial charge in [0, 0.05) is 12.2 Å². The summed E-state index contributed by atoms with van der Waals surface area (Å²) in [7, 11) is 0. The van der Waals surface area contributed by atoms with Crippen molar-refractivity contribution in [3.63, 3.8) is 0 Å². The van der Waals surface area contributed by atoms with Crippen molar-refractivity contribution in [2.75, 3.05) is 11.9 Å². The van der Waals surface area contributed by atoms with Crippen molar-refractivity contribution in [1.29, 1.82) is 0 Å². The number of carboxylic acid groups (broad SMARTS) is 1. The van der Waals surface area contributed by atoms with Gasteiger partial charge in [0.25, 0.3) is 0 Å². The first kappa shape index (κ1) is 13.9. The summed E-state index contributed by atoms with van der Waals surface area (Å²) in [5.41, 5.74) is 1.36. The third-order valence-corrected chi connectivity index (χ3v) is 3.95. The second-order valence-electron chi connectivity index (χ2n) is 5.47. The van der Waals surface area contributed by atoms with Gasteiger partial charge in [-0.2, -0.15) is 0 Å². The van der Waals surface area contributed by atoms with Crippen molar-refractivity contribution in [2.24, 2.45) is 5.92 Å². The Balaban J connectivity index is 1.81. The number of benzene rings is 1. The van der Waals surface area contributed by atoms with Crippen molar-refractivity contribution in [3.8, 4) is 0 Å². The molecule has 104 valence electrons. The first-order valence-electron chi connectivity index (χ1n) is 7.33. The lowest BCUT2D eigenvalue weighted by Crippen LogP contribution is -2.15. The topological polar surface area (TPSA) is 49.3 Å². The molecule has 0 spiro atoms. The van der Waals surface area contributed by atoms with Crippen LogP contribution in [0.15, 0.2) is 24.3 Å². The Bertz CT molecular complexity index is 392. The molecule has 0 aromatic heterocycles. The maximum absolute atomic E-state index is 10.8. The zero-order chi connectivity index (χ0) is 13.5. The van der Waals surface area contributed by atoms with Crippen LogP contribution in [-0.2, 0) is 0 Å². The second-order valence-corrected chi connectivity index (χ2v) is 5.47. The fraction of sp³-hybridized carbons (Fsp3) is 0.562. The second kappa shape index (κ2) is 7.17. The molecule has 1 saturated carbocycles. The van der Waals surface area contributed by atoms with Crippen LogP contribution in [0.2, 0.25) is 0 Å². The molecule has 1 aliphatic rings. The van der Waals surface area contributed by atoms with Gasteiger partial charge in [-0.05, 0) is 43.0 Å². The highest BCUT2D eigenvalue weighted by atomic mass is 16.4. The standard InChI is InChI=1S/C16H23NO2/c18-16(19)14-8-10-15(11-9-14)17-12-13-6-4-2-1-3-5-7-13/h8-11,13,17H,1-7,12H2,(H,18,19). The Hall–Kier alpha value is -1.51. The van der Waals surface area contributed by atoms with Crippen molar-refractivity contribution >= 4 is 11.7 Å². The zero-order valence-electron chi connectivity index (χ0n) is 11.4. The Morgan fingerprint density at radius 3 is 2.21 bits per heavy atom. The summed E-state index contributed by atoms with van der Waals surface area (Å²) in [5.74, 6) is -0.106. The molecule has 1 aromatic carbocycles. The van der Waals surface area contributed by atoms with Crippen molar-refractivity contribution in [1.82, 2.24) is 0 Å². The molecular weight excluding hydrogens is 238 g/mol. The van der Waals surface area contributed by atoms with Gasteiger partial charge in [-0.25, -0.2) is 4.79 Å². The molecule has 2 rings (SSSR count). The van der Waals surface area contributed by atoms with Gasteiger partial charge in [0.15, 0.2) is 0 Å². The van der Waals surface area contributed by atoms with E-state index in [1.807, 2.05) is 12.1 Å². The highest BCUT2D eigenvalue weighted by Crippen LogP contribution is 2.22. The minimum absolute atomic E-state index is 0.344. The zero-order valence-corrected chi connectivity index (χ0v) is 11.4. The maximum Gasteiger partial charge on any atom is 0.335 e. The van der Waals surface area contributed by atoms with E-state index in [0.29, 0.717) is 5.56 Å². The highest BCUT2D eigenvalue weighted by molar-refractivity contribution is 5.87. The summed E-state index contributed by atoms with van der Waals surface area (Å²) in [5, 5.41) is 12.3. The van der Waals surface area contributed by atoms with Gasteiger partial charge in [0.05, 0.1) is 5.56 Å². The Labute approximate surface area is 115 Å². The number of nitrogens with one attached hydrogen (secondary N) is 1. The lowest BCUT2D eigenvalue weighted by molar-refractivity contribution is 0.0697. The fourth-order valence-corrected chi connectivity index (χ4v) is 2.74. The Morgan fingerprint density at radius 2 is 1.63 bits per heavy atom. The van der Waals surface area contributed by atoms with E-state index in [0.717, 1.165) is 18.2 Å². The third kappa shape index (κ3) is 4.58. The first-order chi connectivity index (χ1) is 9.25. The first-order valence-corrected chi connectivity index (χ1v) is 7.33. The normalized spacial score (nSPS) is 17.5. The summed E-state index contributed by atoms with van der Waals surface area (Å²) in [6, 6.07) is 7.02. The molecule has 19 heavy (non-hydrogen) atoms. The van der Waals surface area contributed by atoms with Crippen LogP contribution in [0.3, 0.4) is 0 Å². The number of aromatic carboxylic acids is 1. The van der Waals surface area contributed by atoms with E-state index in [1.54, 1.807) is 12.1 Å². The van der Waals surface area contributed by atoms with Gasteiger partial charge < -0.3 is 10.4 Å². The smallest absolute Gasteiger partial charge is 0.335 e. The van der Waals surface area contributed by atoms with Gasteiger partial charge in [-0.3, -0.25) is 0 Å². The molecule has 0 radical (unpaired) electrons. The third-order valence-electron chi connectivity index (χ3n) is 3.95. The summed E-state index contributed by atoms with van der Waals surface area (Å²) >= 11 is 0. The molecule has 0 saturated heterocycles. The van der Waals surface area contributed by atoms with Crippen LogP contribution in [0, 0.1) is 5.92 Å². The van der Waals surface area contributed by atoms with Crippen molar-refractivity contribution in [2.45, 2.75) is 44.9 Å². The minimum atomic E-state index is -0.869. The molecule has 3 heteroatoms. The van der Waals surface area contributed by atoms with Gasteiger partial charge in [-0.15, -0.1) is 0 Å². The number of hydrogen-bond acceptors (Lipinski definition) is 2. The summed E-state index contributed by atoms with van der Waals surface area (Å²) in [4.78, 5) is 10.8. The average molecular weight is 261 g/mol. The maximum atomic E-state index is 10.8. The van der Waals surface area contributed by atoms with E-state index in [-0.39, 0.29) is 0 Å². The minimum Gasteiger partial charge on any atom is -0.478 e. The molecule has 1 aromatic rings. The summed E-state index contributed by atoms with van der Waals surface area (Å²) in [6.45, 7) is 1.01. The van der Waals surface area contributed by atoms with Gasteiger partial charge in [-0.1, -0.05) is 32.1 Å². The highest BCUT2D eigenvalue weighted by Gasteiger charge is 2.11. The number of carbonyl (C=O) groups is 1. The molecule has 1 aliphatic carbocycles. The molecule has 0 amide bonds. The Kier molecular flexibility index (Phi) is 5.25. The van der Waals surface area contributed by atoms with Crippen LogP contribution in [0.4, 0.5) is 5.69 Å². The number of hydrogen-bond donors (Lipinski definition) is 2. The lowest BCUT2D eigenvalue weighted by Gasteiger charge is -2.20. The molecule has 0 unspecified atom stereocenters. The molecule has 3 nitrogen and oxygen atoms in total. The monoisotopic (exact) mass is 261 g/mol. The molecule has 0 bridgehead atoms. The lowest BCUT2D eigenvalue weighted by atomic mass is 9.91. The molecule has 0 heterocycles. The van der Waals surface area contributed by atoms with Gasteiger partial charge in [0.1, 0.15) is 0 Å². The van der Waals surface area contributed by atoms with Gasteiger partial charge >= 0.3 is 5.97 Å². The molecule has 0 atom stereocenters. The van der Waals surface area contributed by atoms with Crippen molar-refractivity contribution < 1.29 is 9.90 Å². The van der Waals surface area contributed by atoms with Gasteiger partial charge in [0.2, 0.25) is 0 Å². The van der Waals surface area contributed by atoms with Crippen LogP contribution in [0.1, 0.15) is 55.3 Å². The fourth-order valence-electron chi connectivity index (χ4n) is 2.74. The van der Waals surface area contributed by atoms with Crippen molar-refractivity contribution in [3.05, 3.63) is 29.8 Å². The SMILES string of the molecule is O=C(O)c1ccc(NCC2CCCCCCC2)cc1. The van der Waals surface area contributed by atoms with E-state index in [1.165, 1.54) is 44.9 Å². The molecular formula is C16H23NO2. The van der Waals surface area contributed by atoms with Crippen LogP contribution >= 0.6 is 0 Å². The van der Waals surface area contributed by atoms with E-state index >= 15 is 0 Å². The van der Waals surface area contributed by atoms with Crippen LogP contribution in [-0.4, -0.2) is 17.6 Å². The summed E-state index contributed by atoms with van der Waals surface area (Å²) < 4.78 is 0. The number of carboxylic acids is 1. The summed E-state index contributed by atoms with van der Waals surface area (Å²) in [6.07, 6.45) is 9.50. The predicted molar refractivity (Wildman–Crippen MR) is 77.7 cm³/mol.